The van der Waals surface area contributed by atoms with E-state index in [1.165, 1.54) is 46.5 Å². The van der Waals surface area contributed by atoms with E-state index in [-0.39, 0.29) is 15.2 Å². The number of halogens is 7. The molecule has 2 N–H and O–H groups in total. The van der Waals surface area contributed by atoms with Gasteiger partial charge in [-0.1, -0.05) is 0 Å². The Hall–Kier alpha value is -3.13. The Morgan fingerprint density at radius 2 is 1.20 bits per heavy atom. The summed E-state index contributed by atoms with van der Waals surface area (Å²) in [5, 5.41) is 19.9. The van der Waals surface area contributed by atoms with Gasteiger partial charge >= 0.3 is 24.4 Å². The molecule has 4 rings (SSSR count). The molecule has 41 heavy (non-hydrogen) atoms. The van der Waals surface area contributed by atoms with Crippen LogP contribution in [0.25, 0.3) is 0 Å². The number of rotatable bonds is 3. The smallest absolute Gasteiger partial charge is 0.420 e. The SMILES string of the molecule is CC1C(O)N(c2cc(C(F)(F)F)c(I)cn2)C(=O)N1C.COc1cnc(N2C(=O)N(C)C(C)C2O)cc1C(F)(F)F. The standard InChI is InChI=1S/C12H14F3N3O3.C11H11F3IN3O2/c1-6-10(19)18(11(20)17(6)2)9-4-7(12(13,14)15)8(21-3)5-16-9;1-5-9(19)18(10(20)17(5)2)8-3-6(11(12,13)14)7(15)4-16-8/h4-6,10,19H,1-3H3;3-5,9,19H,1-2H3. The van der Waals surface area contributed by atoms with E-state index >= 15 is 0 Å². The van der Waals surface area contributed by atoms with Crippen molar-refractivity contribution in [2.75, 3.05) is 31.0 Å². The van der Waals surface area contributed by atoms with Crippen LogP contribution in [0.4, 0.5) is 47.6 Å². The van der Waals surface area contributed by atoms with E-state index in [2.05, 4.69) is 14.7 Å². The topological polar surface area (TPSA) is 123 Å². The highest BCUT2D eigenvalue weighted by molar-refractivity contribution is 14.1. The van der Waals surface area contributed by atoms with Crippen LogP contribution in [0.1, 0.15) is 25.0 Å². The number of aliphatic hydroxyl groups is 2. The molecule has 2 fully saturated rings. The number of ether oxygens (including phenoxy) is 1. The number of carbonyl (C=O) groups excluding carboxylic acids is 2. The Bertz CT molecular complexity index is 1310. The number of likely N-dealkylation sites (N-methyl/N-ethyl adjacent to an activating group) is 2. The van der Waals surface area contributed by atoms with E-state index in [9.17, 15) is 46.1 Å². The molecule has 0 aromatic carbocycles. The predicted octanol–water partition coefficient (Wildman–Crippen LogP) is 3.97. The number of hydrogen-bond acceptors (Lipinski definition) is 7. The summed E-state index contributed by atoms with van der Waals surface area (Å²) in [6, 6.07) is -0.845. The maximum absolute atomic E-state index is 13.0. The molecule has 0 aliphatic carbocycles. The fraction of sp³-hybridized carbons (Fsp3) is 0.478. The van der Waals surface area contributed by atoms with E-state index in [0.29, 0.717) is 6.07 Å². The lowest BCUT2D eigenvalue weighted by Gasteiger charge is -2.21. The van der Waals surface area contributed by atoms with Gasteiger partial charge in [-0.15, -0.1) is 0 Å². The van der Waals surface area contributed by atoms with Crippen molar-refractivity contribution in [2.24, 2.45) is 0 Å². The van der Waals surface area contributed by atoms with Crippen molar-refractivity contribution in [3.05, 3.63) is 39.2 Å². The van der Waals surface area contributed by atoms with Crippen LogP contribution in [-0.2, 0) is 12.4 Å². The van der Waals surface area contributed by atoms with Crippen molar-refractivity contribution in [1.82, 2.24) is 19.8 Å². The summed E-state index contributed by atoms with van der Waals surface area (Å²) >= 11 is 1.53. The summed E-state index contributed by atoms with van der Waals surface area (Å²) in [5.74, 6) is -0.947. The highest BCUT2D eigenvalue weighted by atomic mass is 127. The molecular formula is C23H25F6IN6O5. The number of aromatic nitrogens is 2. The average molecular weight is 706 g/mol. The number of urea groups is 2. The fourth-order valence-corrected chi connectivity index (χ4v) is 4.54. The number of methoxy groups -OCH3 is 1. The van der Waals surface area contributed by atoms with Crippen LogP contribution in [0.2, 0.25) is 0 Å². The van der Waals surface area contributed by atoms with Crippen molar-refractivity contribution >= 4 is 46.3 Å². The van der Waals surface area contributed by atoms with Crippen molar-refractivity contribution in [3.8, 4) is 5.75 Å². The monoisotopic (exact) mass is 706 g/mol. The first-order chi connectivity index (χ1) is 18.8. The largest absolute Gasteiger partial charge is 0.494 e. The quantitative estimate of drug-likeness (QED) is 0.366. The molecule has 2 aliphatic heterocycles. The second kappa shape index (κ2) is 11.6. The molecule has 0 spiro atoms. The number of pyridine rings is 2. The van der Waals surface area contributed by atoms with Gasteiger partial charge in [0.25, 0.3) is 0 Å². The summed E-state index contributed by atoms with van der Waals surface area (Å²) in [5.41, 5.74) is -1.94. The van der Waals surface area contributed by atoms with Crippen LogP contribution >= 0.6 is 22.6 Å². The molecule has 18 heteroatoms. The molecule has 4 unspecified atom stereocenters. The van der Waals surface area contributed by atoms with Gasteiger partial charge in [0.1, 0.15) is 22.9 Å². The van der Waals surface area contributed by atoms with Crippen LogP contribution in [0.15, 0.2) is 24.5 Å². The minimum atomic E-state index is -4.66. The molecule has 4 heterocycles. The molecular weight excluding hydrogens is 681 g/mol. The van der Waals surface area contributed by atoms with E-state index in [4.69, 9.17) is 0 Å². The molecule has 4 atom stereocenters. The summed E-state index contributed by atoms with van der Waals surface area (Å²) in [6.07, 6.45) is -9.80. The van der Waals surface area contributed by atoms with E-state index in [1.807, 2.05) is 0 Å². The molecule has 4 amide bonds. The van der Waals surface area contributed by atoms with Crippen molar-refractivity contribution < 1.29 is 50.9 Å². The van der Waals surface area contributed by atoms with E-state index < -0.39 is 65.8 Å². The van der Waals surface area contributed by atoms with Crippen molar-refractivity contribution in [1.29, 1.82) is 0 Å². The van der Waals surface area contributed by atoms with Gasteiger partial charge in [0.15, 0.2) is 12.5 Å². The highest BCUT2D eigenvalue weighted by Gasteiger charge is 2.44. The lowest BCUT2D eigenvalue weighted by Crippen LogP contribution is -2.36. The summed E-state index contributed by atoms with van der Waals surface area (Å²) in [7, 11) is 4.01. The number of aliphatic hydroxyl groups excluding tert-OH is 2. The molecule has 0 saturated carbocycles. The maximum Gasteiger partial charge on any atom is 0.420 e. The summed E-state index contributed by atoms with van der Waals surface area (Å²) in [4.78, 5) is 35.7. The predicted molar refractivity (Wildman–Crippen MR) is 140 cm³/mol. The molecule has 2 aliphatic rings. The number of carbonyl (C=O) groups is 2. The zero-order valence-corrected chi connectivity index (χ0v) is 24.2. The first-order valence-electron chi connectivity index (χ1n) is 11.6. The molecule has 2 saturated heterocycles. The minimum Gasteiger partial charge on any atom is -0.494 e. The lowest BCUT2D eigenvalue weighted by atomic mass is 10.2. The average Bonchev–Trinajstić information content (AvgIpc) is 3.21. The molecule has 2 aromatic heterocycles. The Balaban J connectivity index is 0.000000226. The first-order valence-corrected chi connectivity index (χ1v) is 12.7. The number of anilines is 2. The Labute approximate surface area is 243 Å². The van der Waals surface area contributed by atoms with Gasteiger partial charge in [0, 0.05) is 23.9 Å². The number of nitrogens with zero attached hydrogens (tertiary/aromatic N) is 6. The lowest BCUT2D eigenvalue weighted by molar-refractivity contribution is -0.139. The molecule has 11 nitrogen and oxygen atoms in total. The van der Waals surface area contributed by atoms with E-state index in [0.717, 1.165) is 35.4 Å². The van der Waals surface area contributed by atoms with Crippen LogP contribution in [0, 0.1) is 3.57 Å². The summed E-state index contributed by atoms with van der Waals surface area (Å²) < 4.78 is 82.0. The second-order valence-corrected chi connectivity index (χ2v) is 10.3. The van der Waals surface area contributed by atoms with Gasteiger partial charge in [-0.05, 0) is 48.6 Å². The molecule has 0 radical (unpaired) electrons. The van der Waals surface area contributed by atoms with Crippen LogP contribution in [-0.4, -0.2) is 87.8 Å². The zero-order chi connectivity index (χ0) is 31.2. The fourth-order valence-electron chi connectivity index (χ4n) is 3.94. The Morgan fingerprint density at radius 1 is 0.805 bits per heavy atom. The Kier molecular flexibility index (Phi) is 9.19. The van der Waals surface area contributed by atoms with E-state index in [1.54, 1.807) is 13.8 Å². The third-order valence-corrected chi connectivity index (χ3v) is 7.51. The third kappa shape index (κ3) is 6.22. The van der Waals surface area contributed by atoms with Crippen LogP contribution in [0.3, 0.4) is 0 Å². The maximum atomic E-state index is 13.0. The van der Waals surface area contributed by atoms with Gasteiger partial charge in [-0.25, -0.2) is 29.4 Å². The van der Waals surface area contributed by atoms with Gasteiger partial charge in [-0.3, -0.25) is 0 Å². The first kappa shape index (κ1) is 32.4. The van der Waals surface area contributed by atoms with Crippen molar-refractivity contribution in [3.63, 3.8) is 0 Å². The zero-order valence-electron chi connectivity index (χ0n) is 22.1. The minimum absolute atomic E-state index is 0.0682. The molecule has 226 valence electrons. The summed E-state index contributed by atoms with van der Waals surface area (Å²) in [6.45, 7) is 3.18. The number of alkyl halides is 6. The van der Waals surface area contributed by atoms with Gasteiger partial charge < -0.3 is 24.7 Å². The third-order valence-electron chi connectivity index (χ3n) is 6.65. The second-order valence-electron chi connectivity index (χ2n) is 9.10. The highest BCUT2D eigenvalue weighted by Crippen LogP contribution is 2.39. The molecule has 2 aromatic rings. The van der Waals surface area contributed by atoms with Crippen molar-refractivity contribution in [2.45, 2.75) is 50.7 Å². The normalized spacial score (nSPS) is 23.3. The van der Waals surface area contributed by atoms with Crippen LogP contribution < -0.4 is 14.5 Å². The van der Waals surface area contributed by atoms with Gasteiger partial charge in [-0.2, -0.15) is 26.3 Å². The van der Waals surface area contributed by atoms with Gasteiger partial charge in [0.05, 0.1) is 31.0 Å². The number of amides is 4. The van der Waals surface area contributed by atoms with Gasteiger partial charge in [0.2, 0.25) is 0 Å². The van der Waals surface area contributed by atoms with Crippen LogP contribution in [0.5, 0.6) is 5.75 Å². The number of hydrogen-bond donors (Lipinski definition) is 2. The molecule has 0 bridgehead atoms. The Morgan fingerprint density at radius 3 is 1.54 bits per heavy atom.